The number of amides is 1. The van der Waals surface area contributed by atoms with Crippen LogP contribution >= 0.6 is 0 Å². The van der Waals surface area contributed by atoms with Gasteiger partial charge in [0.05, 0.1) is 0 Å². The summed E-state index contributed by atoms with van der Waals surface area (Å²) >= 11 is 0. The Kier molecular flexibility index (Phi) is 13.1. The molecular formula is C25H41N3O4. The molecule has 0 saturated heterocycles. The number of nitrogens with zero attached hydrogens (tertiary/aromatic N) is 1. The maximum atomic E-state index is 12.7. The van der Waals surface area contributed by atoms with Crippen LogP contribution in [0.25, 0.3) is 0 Å². The van der Waals surface area contributed by atoms with Crippen LogP contribution in [0.15, 0.2) is 42.1 Å². The predicted molar refractivity (Wildman–Crippen MR) is 128 cm³/mol. The number of nitrogens with one attached hydrogen (secondary N) is 1. The number of unbranched alkanes of at least 4 members (excludes halogenated alkanes) is 5. The van der Waals surface area contributed by atoms with E-state index in [0.717, 1.165) is 30.5 Å². The van der Waals surface area contributed by atoms with Crippen molar-refractivity contribution in [3.05, 3.63) is 47.7 Å². The number of ether oxygens (including phenoxy) is 1. The minimum atomic E-state index is -1.08. The van der Waals surface area contributed by atoms with Crippen molar-refractivity contribution >= 4 is 12.2 Å². The Balaban J connectivity index is 2.57. The lowest BCUT2D eigenvalue weighted by atomic mass is 10.1. The van der Waals surface area contributed by atoms with Crippen molar-refractivity contribution in [3.63, 3.8) is 0 Å². The topological polar surface area (TPSA) is 93.9 Å². The van der Waals surface area contributed by atoms with Gasteiger partial charge in [-0.1, -0.05) is 75.4 Å². The molecule has 1 rings (SSSR count). The molecule has 0 aliphatic rings. The Morgan fingerprint density at radius 1 is 1.06 bits per heavy atom. The molecule has 0 heterocycles. The van der Waals surface area contributed by atoms with E-state index in [2.05, 4.69) is 12.4 Å². The summed E-state index contributed by atoms with van der Waals surface area (Å²) in [5, 5.41) is 0. The number of rotatable bonds is 13. The van der Waals surface area contributed by atoms with Crippen LogP contribution in [-0.4, -0.2) is 29.2 Å². The summed E-state index contributed by atoms with van der Waals surface area (Å²) in [7, 11) is 0. The zero-order valence-corrected chi connectivity index (χ0v) is 20.2. The molecule has 0 saturated carbocycles. The van der Waals surface area contributed by atoms with Gasteiger partial charge in [-0.3, -0.25) is 4.90 Å². The zero-order valence-electron chi connectivity index (χ0n) is 20.2. The highest BCUT2D eigenvalue weighted by Gasteiger charge is 2.30. The third-order valence-electron chi connectivity index (χ3n) is 5.01. The highest BCUT2D eigenvalue weighted by atomic mass is 16.8. The normalized spacial score (nSPS) is 11.7. The van der Waals surface area contributed by atoms with Crippen LogP contribution in [0.4, 0.5) is 9.59 Å². The Hall–Kier alpha value is -2.54. The predicted octanol–water partition coefficient (Wildman–Crippen LogP) is 6.05. The fraction of sp³-hybridized carbons (Fsp3) is 0.600. The van der Waals surface area contributed by atoms with E-state index >= 15 is 0 Å². The number of carbonyl (C=O) groups is 2. The van der Waals surface area contributed by atoms with Gasteiger partial charge in [-0.15, -0.1) is 0 Å². The van der Waals surface area contributed by atoms with Gasteiger partial charge in [-0.05, 0) is 52.1 Å². The van der Waals surface area contributed by atoms with E-state index in [1.807, 2.05) is 57.2 Å². The number of hydrogen-bond acceptors (Lipinski definition) is 6. The lowest BCUT2D eigenvalue weighted by Crippen LogP contribution is -2.46. The molecule has 7 nitrogen and oxygen atoms in total. The van der Waals surface area contributed by atoms with Gasteiger partial charge in [-0.2, -0.15) is 0 Å². The van der Waals surface area contributed by atoms with Crippen molar-refractivity contribution in [2.24, 2.45) is 5.73 Å². The second-order valence-electron chi connectivity index (χ2n) is 8.89. The summed E-state index contributed by atoms with van der Waals surface area (Å²) in [6, 6.07) is 9.55. The van der Waals surface area contributed by atoms with E-state index < -0.39 is 17.8 Å². The molecule has 0 aliphatic heterocycles. The monoisotopic (exact) mass is 447 g/mol. The Morgan fingerprint density at radius 3 is 2.34 bits per heavy atom. The number of hydroxylamine groups is 1. The van der Waals surface area contributed by atoms with Crippen molar-refractivity contribution in [1.29, 1.82) is 0 Å². The smallest absolute Gasteiger partial charge is 0.342 e. The van der Waals surface area contributed by atoms with E-state index in [1.54, 1.807) is 0 Å². The molecule has 0 spiro atoms. The molecule has 180 valence electrons. The van der Waals surface area contributed by atoms with Gasteiger partial charge in [0.1, 0.15) is 0 Å². The summed E-state index contributed by atoms with van der Waals surface area (Å²) in [6.45, 7) is 8.67. The SMILES string of the molecule is CCCCCCCCC(=CCCN)NOC(=O)OC(=O)N(Cc1ccccc1)C(C)(C)C. The van der Waals surface area contributed by atoms with Gasteiger partial charge in [-0.25, -0.2) is 15.1 Å². The van der Waals surface area contributed by atoms with Crippen LogP contribution < -0.4 is 11.2 Å². The second kappa shape index (κ2) is 15.3. The molecule has 1 aromatic rings. The molecule has 1 amide bonds. The van der Waals surface area contributed by atoms with Crippen molar-refractivity contribution in [1.82, 2.24) is 10.4 Å². The van der Waals surface area contributed by atoms with Crippen LogP contribution in [0.3, 0.4) is 0 Å². The Morgan fingerprint density at radius 2 is 1.72 bits per heavy atom. The fourth-order valence-electron chi connectivity index (χ4n) is 3.14. The van der Waals surface area contributed by atoms with Crippen LogP contribution in [0.1, 0.15) is 84.6 Å². The van der Waals surface area contributed by atoms with Gasteiger partial charge in [0.25, 0.3) is 0 Å². The van der Waals surface area contributed by atoms with Gasteiger partial charge < -0.3 is 15.3 Å². The molecule has 0 bridgehead atoms. The number of allylic oxidation sites excluding steroid dienone is 1. The quantitative estimate of drug-likeness (QED) is 0.165. The molecule has 0 fully saturated rings. The van der Waals surface area contributed by atoms with Crippen LogP contribution in [-0.2, 0) is 16.1 Å². The molecule has 0 unspecified atom stereocenters. The zero-order chi connectivity index (χ0) is 23.8. The van der Waals surface area contributed by atoms with Gasteiger partial charge in [0, 0.05) is 17.8 Å². The fourth-order valence-corrected chi connectivity index (χ4v) is 3.14. The first-order chi connectivity index (χ1) is 15.3. The van der Waals surface area contributed by atoms with Crippen LogP contribution in [0.2, 0.25) is 0 Å². The summed E-state index contributed by atoms with van der Waals surface area (Å²) in [5.41, 5.74) is 9.42. The first-order valence-electron chi connectivity index (χ1n) is 11.7. The molecule has 3 N–H and O–H groups in total. The average Bonchev–Trinajstić information content (AvgIpc) is 2.75. The van der Waals surface area contributed by atoms with Crippen molar-refractivity contribution in [2.45, 2.75) is 91.1 Å². The van der Waals surface area contributed by atoms with E-state index in [0.29, 0.717) is 19.5 Å². The largest absolute Gasteiger partial charge is 0.542 e. The lowest BCUT2D eigenvalue weighted by Gasteiger charge is -2.34. The second-order valence-corrected chi connectivity index (χ2v) is 8.89. The van der Waals surface area contributed by atoms with Crippen LogP contribution in [0, 0.1) is 0 Å². The number of nitrogens with two attached hydrogens (primary N) is 1. The molecule has 0 atom stereocenters. The van der Waals surface area contributed by atoms with Gasteiger partial charge >= 0.3 is 12.2 Å². The first-order valence-corrected chi connectivity index (χ1v) is 11.7. The van der Waals surface area contributed by atoms with Crippen LogP contribution in [0.5, 0.6) is 0 Å². The molecule has 0 radical (unpaired) electrons. The maximum absolute atomic E-state index is 12.7. The summed E-state index contributed by atoms with van der Waals surface area (Å²) in [6.07, 6.45) is 8.50. The molecule has 7 heteroatoms. The maximum Gasteiger partial charge on any atom is 0.542 e. The third-order valence-corrected chi connectivity index (χ3v) is 5.01. The molecule has 1 aromatic carbocycles. The van der Waals surface area contributed by atoms with Gasteiger partial charge in [0.2, 0.25) is 0 Å². The lowest BCUT2D eigenvalue weighted by molar-refractivity contribution is 0.0229. The van der Waals surface area contributed by atoms with Crippen molar-refractivity contribution < 1.29 is 19.2 Å². The minimum Gasteiger partial charge on any atom is -0.342 e. The number of carbonyl (C=O) groups excluding carboxylic acids is 2. The van der Waals surface area contributed by atoms with E-state index in [4.69, 9.17) is 15.3 Å². The third kappa shape index (κ3) is 11.7. The highest BCUT2D eigenvalue weighted by Crippen LogP contribution is 2.19. The molecule has 32 heavy (non-hydrogen) atoms. The Bertz CT molecular complexity index is 699. The van der Waals surface area contributed by atoms with E-state index in [-0.39, 0.29) is 0 Å². The summed E-state index contributed by atoms with van der Waals surface area (Å²) in [4.78, 5) is 31.3. The average molecular weight is 448 g/mol. The van der Waals surface area contributed by atoms with Crippen molar-refractivity contribution in [3.8, 4) is 0 Å². The Labute approximate surface area is 193 Å². The first kappa shape index (κ1) is 27.5. The highest BCUT2D eigenvalue weighted by molar-refractivity contribution is 5.81. The standard InChI is InChI=1S/C25H41N3O4/c1-5-6-7-8-9-13-17-22(18-14-19-26)27-32-24(30)31-23(29)28(25(2,3)4)20-21-15-11-10-12-16-21/h10-12,15-16,18,27H,5-9,13-14,17,19-20,26H2,1-4H3. The summed E-state index contributed by atoms with van der Waals surface area (Å²) in [5.74, 6) is 0. The summed E-state index contributed by atoms with van der Waals surface area (Å²) < 4.78 is 4.95. The molecule has 0 aromatic heterocycles. The minimum absolute atomic E-state index is 0.323. The number of benzene rings is 1. The van der Waals surface area contributed by atoms with E-state index in [1.165, 1.54) is 30.6 Å². The molecular weight excluding hydrogens is 406 g/mol. The number of hydrogen-bond donors (Lipinski definition) is 2. The van der Waals surface area contributed by atoms with E-state index in [9.17, 15) is 9.59 Å². The van der Waals surface area contributed by atoms with Gasteiger partial charge in [0.15, 0.2) is 0 Å². The van der Waals surface area contributed by atoms with Crippen molar-refractivity contribution in [2.75, 3.05) is 6.54 Å². The molecule has 0 aliphatic carbocycles.